The second-order valence-electron chi connectivity index (χ2n) is 6.35. The molecule has 0 aliphatic carbocycles. The molecule has 1 aliphatic rings. The number of hydrogen-bond donors (Lipinski definition) is 1. The van der Waals surface area contributed by atoms with E-state index in [1.54, 1.807) is 30.5 Å². The van der Waals surface area contributed by atoms with Crippen LogP contribution in [0, 0.1) is 13.8 Å². The molecule has 0 radical (unpaired) electrons. The highest BCUT2D eigenvalue weighted by Gasteiger charge is 2.45. The van der Waals surface area contributed by atoms with Gasteiger partial charge in [-0.15, -0.1) is 11.3 Å². The number of aryl methyl sites for hydroxylation is 2. The van der Waals surface area contributed by atoms with Crippen LogP contribution in [0.1, 0.15) is 32.6 Å². The summed E-state index contributed by atoms with van der Waals surface area (Å²) in [6.45, 7) is 3.66. The Hall–Kier alpha value is -3.19. The fraction of sp³-hybridized carbons (Fsp3) is 0.150. The average Bonchev–Trinajstić information content (AvgIpc) is 3.37. The zero-order valence-corrected chi connectivity index (χ0v) is 15.5. The summed E-state index contributed by atoms with van der Waals surface area (Å²) >= 11 is 1.26. The largest absolute Gasteiger partial charge is 0.503 e. The first-order valence-electron chi connectivity index (χ1n) is 8.32. The van der Waals surface area contributed by atoms with E-state index in [-0.39, 0.29) is 17.2 Å². The number of Topliss-reactive ketones (excluding diaryl/α,β-unsaturated/α-hetero) is 1. The highest BCUT2D eigenvalue weighted by Crippen LogP contribution is 2.42. The third kappa shape index (κ3) is 2.86. The number of aromatic nitrogens is 1. The first-order chi connectivity index (χ1) is 13.0. The third-order valence-corrected chi connectivity index (χ3v) is 5.32. The molecule has 0 saturated carbocycles. The SMILES string of the molecule is Cc1ccc([C@H]2C(C(=O)c3cccs3)=C(O)C(=O)N2c2cc(C)on2)cc1. The third-order valence-electron chi connectivity index (χ3n) is 4.45. The van der Waals surface area contributed by atoms with Crippen molar-refractivity contribution in [1.29, 1.82) is 0 Å². The van der Waals surface area contributed by atoms with Gasteiger partial charge in [0, 0.05) is 6.07 Å². The molecule has 136 valence electrons. The number of carbonyl (C=O) groups excluding carboxylic acids is 2. The predicted octanol–water partition coefficient (Wildman–Crippen LogP) is 4.14. The number of aliphatic hydroxyl groups excluding tert-OH is 1. The van der Waals surface area contributed by atoms with Crippen molar-refractivity contribution in [2.45, 2.75) is 19.9 Å². The first kappa shape index (κ1) is 17.2. The summed E-state index contributed by atoms with van der Waals surface area (Å²) in [4.78, 5) is 27.7. The van der Waals surface area contributed by atoms with E-state index in [9.17, 15) is 14.7 Å². The molecule has 4 rings (SSSR count). The first-order valence-corrected chi connectivity index (χ1v) is 9.20. The van der Waals surface area contributed by atoms with Gasteiger partial charge in [0.05, 0.1) is 16.5 Å². The van der Waals surface area contributed by atoms with E-state index in [4.69, 9.17) is 4.52 Å². The molecule has 0 fully saturated rings. The average molecular weight is 380 g/mol. The monoisotopic (exact) mass is 380 g/mol. The Bertz CT molecular complexity index is 1050. The molecule has 3 heterocycles. The fourth-order valence-electron chi connectivity index (χ4n) is 3.14. The van der Waals surface area contributed by atoms with E-state index in [0.29, 0.717) is 16.2 Å². The van der Waals surface area contributed by atoms with Crippen molar-refractivity contribution in [3.8, 4) is 0 Å². The van der Waals surface area contributed by atoms with Gasteiger partial charge in [0.2, 0.25) is 5.78 Å². The van der Waals surface area contributed by atoms with Crippen LogP contribution in [0.25, 0.3) is 0 Å². The number of amides is 1. The van der Waals surface area contributed by atoms with Crippen molar-refractivity contribution in [2.24, 2.45) is 0 Å². The van der Waals surface area contributed by atoms with E-state index in [1.807, 2.05) is 31.2 Å². The molecule has 3 aromatic rings. The fourth-order valence-corrected chi connectivity index (χ4v) is 3.82. The molecular weight excluding hydrogens is 364 g/mol. The van der Waals surface area contributed by atoms with Gasteiger partial charge in [0.1, 0.15) is 5.76 Å². The summed E-state index contributed by atoms with van der Waals surface area (Å²) in [5, 5.41) is 16.3. The van der Waals surface area contributed by atoms with Crippen molar-refractivity contribution in [2.75, 3.05) is 4.90 Å². The van der Waals surface area contributed by atoms with Crippen molar-refractivity contribution < 1.29 is 19.2 Å². The number of aliphatic hydroxyl groups is 1. The Kier molecular flexibility index (Phi) is 4.16. The molecule has 0 bridgehead atoms. The van der Waals surface area contributed by atoms with Gasteiger partial charge in [0.15, 0.2) is 11.6 Å². The zero-order chi connectivity index (χ0) is 19.1. The molecule has 0 saturated heterocycles. The number of ketones is 1. The zero-order valence-electron chi connectivity index (χ0n) is 14.7. The van der Waals surface area contributed by atoms with Crippen molar-refractivity contribution in [1.82, 2.24) is 5.16 Å². The molecule has 27 heavy (non-hydrogen) atoms. The topological polar surface area (TPSA) is 83.6 Å². The maximum atomic E-state index is 13.1. The molecule has 0 spiro atoms. The molecule has 6 nitrogen and oxygen atoms in total. The number of hydrogen-bond acceptors (Lipinski definition) is 6. The maximum Gasteiger partial charge on any atom is 0.295 e. The lowest BCUT2D eigenvalue weighted by molar-refractivity contribution is -0.117. The van der Waals surface area contributed by atoms with Gasteiger partial charge in [0.25, 0.3) is 5.91 Å². The Morgan fingerprint density at radius 1 is 1.22 bits per heavy atom. The van der Waals surface area contributed by atoms with Crippen LogP contribution in [0.2, 0.25) is 0 Å². The van der Waals surface area contributed by atoms with E-state index < -0.39 is 17.7 Å². The highest BCUT2D eigenvalue weighted by atomic mass is 32.1. The minimum Gasteiger partial charge on any atom is -0.503 e. The van der Waals surface area contributed by atoms with Crippen molar-refractivity contribution in [3.63, 3.8) is 0 Å². The molecule has 1 amide bonds. The van der Waals surface area contributed by atoms with E-state index in [2.05, 4.69) is 5.16 Å². The van der Waals surface area contributed by atoms with E-state index in [1.165, 1.54) is 16.2 Å². The standard InChI is InChI=1S/C20H16N2O4S/c1-11-5-7-13(8-6-11)17-16(18(23)14-4-3-9-27-14)19(24)20(25)22(17)15-10-12(2)26-21-15/h3-10,17,24H,1-2H3/t17-/m0/s1. The predicted molar refractivity (Wildman–Crippen MR) is 101 cm³/mol. The highest BCUT2D eigenvalue weighted by molar-refractivity contribution is 7.12. The van der Waals surface area contributed by atoms with Crippen LogP contribution in [0.15, 0.2) is 63.7 Å². The molecule has 1 aliphatic heterocycles. The Morgan fingerprint density at radius 2 is 1.96 bits per heavy atom. The maximum absolute atomic E-state index is 13.1. The number of rotatable bonds is 4. The van der Waals surface area contributed by atoms with Gasteiger partial charge in [-0.2, -0.15) is 0 Å². The van der Waals surface area contributed by atoms with Crippen molar-refractivity contribution in [3.05, 3.63) is 80.9 Å². The van der Waals surface area contributed by atoms with Crippen molar-refractivity contribution >= 4 is 28.8 Å². The molecule has 1 N–H and O–H groups in total. The molecule has 7 heteroatoms. The number of thiophene rings is 1. The molecule has 1 atom stereocenters. The minimum absolute atomic E-state index is 0.0481. The van der Waals surface area contributed by atoms with Crippen LogP contribution in [-0.2, 0) is 4.79 Å². The lowest BCUT2D eigenvalue weighted by atomic mass is 9.95. The lowest BCUT2D eigenvalue weighted by Gasteiger charge is -2.24. The summed E-state index contributed by atoms with van der Waals surface area (Å²) < 4.78 is 5.10. The number of carbonyl (C=O) groups is 2. The van der Waals surface area contributed by atoms with Gasteiger partial charge >= 0.3 is 0 Å². The summed E-state index contributed by atoms with van der Waals surface area (Å²) in [6, 6.07) is 11.7. The number of nitrogens with zero attached hydrogens (tertiary/aromatic N) is 2. The van der Waals surface area contributed by atoms with Crippen LogP contribution < -0.4 is 4.90 Å². The van der Waals surface area contributed by atoms with Gasteiger partial charge in [-0.1, -0.05) is 41.1 Å². The van der Waals surface area contributed by atoms with Gasteiger partial charge in [-0.3, -0.25) is 14.5 Å². The molecule has 1 aromatic carbocycles. The molecular formula is C20H16N2O4S. The van der Waals surface area contributed by atoms with Crippen LogP contribution in [0.3, 0.4) is 0 Å². The van der Waals surface area contributed by atoms with Gasteiger partial charge < -0.3 is 9.63 Å². The quantitative estimate of drug-likeness (QED) is 0.688. The minimum atomic E-state index is -0.780. The van der Waals surface area contributed by atoms with Crippen LogP contribution in [-0.4, -0.2) is 22.0 Å². The summed E-state index contributed by atoms with van der Waals surface area (Å²) in [5.41, 5.74) is 1.80. The second kappa shape index (κ2) is 6.51. The normalized spacial score (nSPS) is 17.0. The summed E-state index contributed by atoms with van der Waals surface area (Å²) in [7, 11) is 0. The van der Waals surface area contributed by atoms with E-state index in [0.717, 1.165) is 5.56 Å². The number of anilines is 1. The summed E-state index contributed by atoms with van der Waals surface area (Å²) in [5.74, 6) is -0.820. The van der Waals surface area contributed by atoms with Crippen LogP contribution >= 0.6 is 11.3 Å². The Balaban J connectivity index is 1.88. The Morgan fingerprint density at radius 3 is 2.56 bits per heavy atom. The van der Waals surface area contributed by atoms with Gasteiger partial charge in [-0.25, -0.2) is 0 Å². The van der Waals surface area contributed by atoms with Crippen LogP contribution in [0.5, 0.6) is 0 Å². The second-order valence-corrected chi connectivity index (χ2v) is 7.30. The Labute approximate surface area is 159 Å². The number of benzene rings is 1. The smallest absolute Gasteiger partial charge is 0.295 e. The summed E-state index contributed by atoms with van der Waals surface area (Å²) in [6.07, 6.45) is 0. The lowest BCUT2D eigenvalue weighted by Crippen LogP contribution is -2.31. The van der Waals surface area contributed by atoms with Gasteiger partial charge in [-0.05, 0) is 30.9 Å². The molecule has 0 unspecified atom stereocenters. The molecule has 2 aromatic heterocycles. The van der Waals surface area contributed by atoms with E-state index >= 15 is 0 Å². The van der Waals surface area contributed by atoms with Crippen LogP contribution in [0.4, 0.5) is 5.82 Å².